The lowest BCUT2D eigenvalue weighted by atomic mass is 9.97. The number of benzene rings is 2. The average molecular weight is 406 g/mol. The molecule has 1 aromatic heterocycles. The second kappa shape index (κ2) is 8.90. The Bertz CT molecular complexity index is 1010. The molecule has 0 aliphatic carbocycles. The van der Waals surface area contributed by atoms with Gasteiger partial charge in [-0.05, 0) is 61.4 Å². The first kappa shape index (κ1) is 19.8. The largest absolute Gasteiger partial charge is 0.497 e. The van der Waals surface area contributed by atoms with Crippen molar-refractivity contribution in [3.05, 3.63) is 66.5 Å². The smallest absolute Gasteiger partial charge is 0.229 e. The molecule has 1 aliphatic rings. The molecule has 154 valence electrons. The summed E-state index contributed by atoms with van der Waals surface area (Å²) in [5, 5.41) is 11.6. The van der Waals surface area contributed by atoms with Gasteiger partial charge in [0.25, 0.3) is 0 Å². The van der Waals surface area contributed by atoms with E-state index in [0.29, 0.717) is 18.0 Å². The van der Waals surface area contributed by atoms with Gasteiger partial charge >= 0.3 is 0 Å². The molecule has 1 atom stereocenters. The van der Waals surface area contributed by atoms with Crippen LogP contribution in [0.1, 0.15) is 12.8 Å². The molecule has 7 heteroatoms. The van der Waals surface area contributed by atoms with Gasteiger partial charge in [-0.2, -0.15) is 0 Å². The van der Waals surface area contributed by atoms with Gasteiger partial charge in [0.15, 0.2) is 5.82 Å². The Morgan fingerprint density at radius 1 is 1.13 bits per heavy atom. The van der Waals surface area contributed by atoms with Crippen LogP contribution in [-0.4, -0.2) is 36.3 Å². The van der Waals surface area contributed by atoms with Gasteiger partial charge in [0.1, 0.15) is 11.6 Å². The minimum absolute atomic E-state index is 0.0103. The molecule has 0 unspecified atom stereocenters. The molecule has 2 heterocycles. The number of piperidine rings is 1. The maximum Gasteiger partial charge on any atom is 0.229 e. The fourth-order valence-corrected chi connectivity index (χ4v) is 3.61. The van der Waals surface area contributed by atoms with Gasteiger partial charge in [-0.15, -0.1) is 10.2 Å². The number of carbonyl (C=O) groups is 1. The average Bonchev–Trinajstić information content (AvgIpc) is 2.80. The second-order valence-electron chi connectivity index (χ2n) is 7.29. The van der Waals surface area contributed by atoms with Crippen molar-refractivity contribution in [1.29, 1.82) is 0 Å². The second-order valence-corrected chi connectivity index (χ2v) is 7.29. The molecule has 1 aliphatic heterocycles. The standard InChI is InChI=1S/C23H23FN4O2/c1-30-20-6-2-5-19(14-20)25-23(29)17-4-3-13-28(15-17)22-12-11-21(26-27-22)16-7-9-18(24)10-8-16/h2,5-12,14,17H,3-4,13,15H2,1H3,(H,25,29)/t17-/m1/s1. The molecule has 3 aromatic rings. The van der Waals surface area contributed by atoms with Gasteiger partial charge in [-0.1, -0.05) is 6.07 Å². The number of aromatic nitrogens is 2. The van der Waals surface area contributed by atoms with E-state index in [1.807, 2.05) is 30.3 Å². The van der Waals surface area contributed by atoms with Crippen molar-refractivity contribution in [2.24, 2.45) is 5.92 Å². The summed E-state index contributed by atoms with van der Waals surface area (Å²) in [6.45, 7) is 1.41. The maximum atomic E-state index is 13.1. The quantitative estimate of drug-likeness (QED) is 0.690. The Balaban J connectivity index is 1.41. The monoisotopic (exact) mass is 406 g/mol. The van der Waals surface area contributed by atoms with Crippen molar-refractivity contribution >= 4 is 17.4 Å². The van der Waals surface area contributed by atoms with Crippen LogP contribution in [0.15, 0.2) is 60.7 Å². The van der Waals surface area contributed by atoms with Gasteiger partial charge in [0.2, 0.25) is 5.91 Å². The first-order valence-electron chi connectivity index (χ1n) is 9.92. The van der Waals surface area contributed by atoms with Crippen molar-refractivity contribution in [3.63, 3.8) is 0 Å². The van der Waals surface area contributed by atoms with Crippen LogP contribution in [0.4, 0.5) is 15.9 Å². The van der Waals surface area contributed by atoms with Gasteiger partial charge in [-0.25, -0.2) is 4.39 Å². The summed E-state index contributed by atoms with van der Waals surface area (Å²) in [5.74, 6) is 1.01. The summed E-state index contributed by atoms with van der Waals surface area (Å²) >= 11 is 0. The van der Waals surface area contributed by atoms with Crippen molar-refractivity contribution in [2.45, 2.75) is 12.8 Å². The number of rotatable bonds is 5. The number of ether oxygens (including phenoxy) is 1. The number of methoxy groups -OCH3 is 1. The zero-order valence-corrected chi connectivity index (χ0v) is 16.7. The van der Waals surface area contributed by atoms with Crippen molar-refractivity contribution in [2.75, 3.05) is 30.4 Å². The lowest BCUT2D eigenvalue weighted by Gasteiger charge is -2.32. The molecule has 1 fully saturated rings. The molecule has 6 nitrogen and oxygen atoms in total. The first-order valence-corrected chi connectivity index (χ1v) is 9.92. The minimum atomic E-state index is -0.282. The van der Waals surface area contributed by atoms with Crippen LogP contribution >= 0.6 is 0 Å². The molecule has 1 saturated heterocycles. The zero-order valence-electron chi connectivity index (χ0n) is 16.7. The van der Waals surface area contributed by atoms with E-state index in [0.717, 1.165) is 36.5 Å². The lowest BCUT2D eigenvalue weighted by Crippen LogP contribution is -2.41. The third-order valence-corrected chi connectivity index (χ3v) is 5.24. The first-order chi connectivity index (χ1) is 14.6. The summed E-state index contributed by atoms with van der Waals surface area (Å²) in [6, 6.07) is 17.3. The molecule has 0 spiro atoms. The predicted molar refractivity (Wildman–Crippen MR) is 114 cm³/mol. The van der Waals surface area contributed by atoms with Gasteiger partial charge in [-0.3, -0.25) is 4.79 Å². The van der Waals surface area contributed by atoms with Crippen LogP contribution in [0.2, 0.25) is 0 Å². The van der Waals surface area contributed by atoms with Gasteiger partial charge < -0.3 is 15.0 Å². The predicted octanol–water partition coefficient (Wildman–Crippen LogP) is 4.15. The van der Waals surface area contributed by atoms with Crippen LogP contribution in [0.25, 0.3) is 11.3 Å². The summed E-state index contributed by atoms with van der Waals surface area (Å²) in [4.78, 5) is 14.8. The summed E-state index contributed by atoms with van der Waals surface area (Å²) in [6.07, 6.45) is 1.73. The minimum Gasteiger partial charge on any atom is -0.497 e. The van der Waals surface area contributed by atoms with E-state index < -0.39 is 0 Å². The number of halogens is 1. The molecular formula is C23H23FN4O2. The molecule has 0 bridgehead atoms. The number of anilines is 2. The van der Waals surface area contributed by atoms with Crippen LogP contribution in [0.5, 0.6) is 5.75 Å². The highest BCUT2D eigenvalue weighted by atomic mass is 19.1. The molecular weight excluding hydrogens is 383 g/mol. The molecule has 1 N–H and O–H groups in total. The Morgan fingerprint density at radius 2 is 1.97 bits per heavy atom. The van der Waals surface area contributed by atoms with E-state index in [2.05, 4.69) is 20.4 Å². The normalized spacial score (nSPS) is 16.2. The van der Waals surface area contributed by atoms with Gasteiger partial charge in [0, 0.05) is 30.4 Å². The molecule has 0 radical (unpaired) electrons. The summed E-state index contributed by atoms with van der Waals surface area (Å²) in [7, 11) is 1.60. The number of amides is 1. The number of hydrogen-bond donors (Lipinski definition) is 1. The van der Waals surface area contributed by atoms with E-state index in [1.54, 1.807) is 25.3 Å². The van der Waals surface area contributed by atoms with E-state index in [-0.39, 0.29) is 17.6 Å². The third-order valence-electron chi connectivity index (χ3n) is 5.24. The van der Waals surface area contributed by atoms with Crippen LogP contribution in [0, 0.1) is 11.7 Å². The van der Waals surface area contributed by atoms with Crippen LogP contribution in [0.3, 0.4) is 0 Å². The molecule has 0 saturated carbocycles. The Hall–Kier alpha value is -3.48. The molecule has 30 heavy (non-hydrogen) atoms. The van der Waals surface area contributed by atoms with E-state index in [4.69, 9.17) is 4.74 Å². The molecule has 2 aromatic carbocycles. The summed E-state index contributed by atoms with van der Waals surface area (Å²) < 4.78 is 18.3. The number of nitrogens with one attached hydrogen (secondary N) is 1. The highest BCUT2D eigenvalue weighted by Gasteiger charge is 2.27. The van der Waals surface area contributed by atoms with E-state index in [1.165, 1.54) is 12.1 Å². The van der Waals surface area contributed by atoms with E-state index >= 15 is 0 Å². The lowest BCUT2D eigenvalue weighted by molar-refractivity contribution is -0.120. The zero-order chi connectivity index (χ0) is 20.9. The number of hydrogen-bond acceptors (Lipinski definition) is 5. The van der Waals surface area contributed by atoms with Crippen molar-refractivity contribution in [3.8, 4) is 17.0 Å². The maximum absolute atomic E-state index is 13.1. The van der Waals surface area contributed by atoms with E-state index in [9.17, 15) is 9.18 Å². The fourth-order valence-electron chi connectivity index (χ4n) is 3.61. The van der Waals surface area contributed by atoms with Crippen molar-refractivity contribution < 1.29 is 13.9 Å². The highest BCUT2D eigenvalue weighted by molar-refractivity contribution is 5.93. The Kier molecular flexibility index (Phi) is 5.88. The topological polar surface area (TPSA) is 67.3 Å². The number of nitrogens with zero attached hydrogens (tertiary/aromatic N) is 3. The summed E-state index contributed by atoms with van der Waals surface area (Å²) in [5.41, 5.74) is 2.22. The Morgan fingerprint density at radius 3 is 2.70 bits per heavy atom. The third kappa shape index (κ3) is 4.56. The van der Waals surface area contributed by atoms with Crippen LogP contribution in [-0.2, 0) is 4.79 Å². The molecule has 1 amide bonds. The number of carbonyl (C=O) groups excluding carboxylic acids is 1. The van der Waals surface area contributed by atoms with Crippen LogP contribution < -0.4 is 15.0 Å². The van der Waals surface area contributed by atoms with Crippen molar-refractivity contribution in [1.82, 2.24) is 10.2 Å². The molecule has 4 rings (SSSR count). The highest BCUT2D eigenvalue weighted by Crippen LogP contribution is 2.25. The fraction of sp³-hybridized carbons (Fsp3) is 0.261. The Labute approximate surface area is 174 Å². The van der Waals surface area contributed by atoms with Gasteiger partial charge in [0.05, 0.1) is 18.7 Å². The SMILES string of the molecule is COc1cccc(NC(=O)[C@@H]2CCCN(c3ccc(-c4ccc(F)cc4)nn3)C2)c1.